The third kappa shape index (κ3) is 14.2. The third-order valence-electron chi connectivity index (χ3n) is 1.37. The van der Waals surface area contributed by atoms with Crippen molar-refractivity contribution in [2.24, 2.45) is 5.41 Å². The highest BCUT2D eigenvalue weighted by atomic mass is 17.2. The van der Waals surface area contributed by atoms with E-state index in [-0.39, 0.29) is 12.7 Å². The lowest BCUT2D eigenvalue weighted by molar-refractivity contribution is -0.286. The van der Waals surface area contributed by atoms with Crippen LogP contribution in [0.2, 0.25) is 0 Å². The molecule has 20 heavy (non-hydrogen) atoms. The predicted octanol–water partition coefficient (Wildman–Crippen LogP) is 1.42. The van der Waals surface area contributed by atoms with Gasteiger partial charge in [0.1, 0.15) is 0 Å². The average Bonchev–Trinajstić information content (AvgIpc) is 2.23. The molecule has 0 heterocycles. The molecule has 0 spiro atoms. The first-order chi connectivity index (χ1) is 9.00. The molecular formula is C12H21O8-. The summed E-state index contributed by atoms with van der Waals surface area (Å²) < 4.78 is 8.35. The van der Waals surface area contributed by atoms with E-state index in [1.54, 1.807) is 41.5 Å². The SMILES string of the molecule is CC(C)OC(=O)[O-].CCOOC(=O)OC(=O)C(C)(C)C. The van der Waals surface area contributed by atoms with Crippen molar-refractivity contribution >= 4 is 18.3 Å². The molecule has 0 aromatic rings. The van der Waals surface area contributed by atoms with Gasteiger partial charge >= 0.3 is 12.1 Å². The monoisotopic (exact) mass is 293 g/mol. The zero-order valence-electron chi connectivity index (χ0n) is 12.6. The van der Waals surface area contributed by atoms with Gasteiger partial charge in [0.25, 0.3) is 6.16 Å². The van der Waals surface area contributed by atoms with Crippen molar-refractivity contribution in [3.63, 3.8) is 0 Å². The van der Waals surface area contributed by atoms with Crippen LogP contribution in [-0.2, 0) is 24.0 Å². The molecule has 0 amide bonds. The minimum atomic E-state index is -1.46. The van der Waals surface area contributed by atoms with Gasteiger partial charge in [0.2, 0.25) is 0 Å². The van der Waals surface area contributed by atoms with E-state index in [2.05, 4.69) is 19.2 Å². The predicted molar refractivity (Wildman–Crippen MR) is 65.3 cm³/mol. The van der Waals surface area contributed by atoms with Gasteiger partial charge in [0, 0.05) is 6.10 Å². The first-order valence-electron chi connectivity index (χ1n) is 5.94. The lowest BCUT2D eigenvalue weighted by Gasteiger charge is -2.14. The first-order valence-corrected chi connectivity index (χ1v) is 5.94. The molecule has 0 unspecified atom stereocenters. The van der Waals surface area contributed by atoms with Crippen LogP contribution in [0.4, 0.5) is 9.59 Å². The van der Waals surface area contributed by atoms with Gasteiger partial charge in [-0.15, -0.1) is 0 Å². The van der Waals surface area contributed by atoms with Crippen molar-refractivity contribution in [2.75, 3.05) is 6.61 Å². The summed E-state index contributed by atoms with van der Waals surface area (Å²) >= 11 is 0. The fourth-order valence-electron chi connectivity index (χ4n) is 0.545. The van der Waals surface area contributed by atoms with Gasteiger partial charge in [-0.1, -0.05) is 0 Å². The summed E-state index contributed by atoms with van der Waals surface area (Å²) in [6.07, 6.45) is -2.89. The van der Waals surface area contributed by atoms with Gasteiger partial charge in [-0.05, 0) is 41.5 Å². The van der Waals surface area contributed by atoms with E-state index in [4.69, 9.17) is 0 Å². The summed E-state index contributed by atoms with van der Waals surface area (Å²) in [6, 6.07) is 0. The highest BCUT2D eigenvalue weighted by molar-refractivity contribution is 5.85. The molecule has 0 aromatic carbocycles. The van der Waals surface area contributed by atoms with E-state index in [1.807, 2.05) is 0 Å². The summed E-state index contributed by atoms with van der Waals surface area (Å²) in [5, 5.41) is 9.48. The normalized spacial score (nSPS) is 10.2. The highest BCUT2D eigenvalue weighted by Crippen LogP contribution is 2.15. The number of hydrogen-bond donors (Lipinski definition) is 0. The summed E-state index contributed by atoms with van der Waals surface area (Å²) in [5.74, 6) is -0.655. The number of carbonyl (C=O) groups excluding carboxylic acids is 3. The minimum Gasteiger partial charge on any atom is -0.547 e. The van der Waals surface area contributed by atoms with E-state index >= 15 is 0 Å². The summed E-state index contributed by atoms with van der Waals surface area (Å²) in [6.45, 7) is 9.97. The number of esters is 1. The maximum atomic E-state index is 11.1. The smallest absolute Gasteiger partial charge is 0.547 e. The molecule has 0 aromatic heterocycles. The lowest BCUT2D eigenvalue weighted by atomic mass is 9.98. The van der Waals surface area contributed by atoms with Crippen molar-refractivity contribution < 1.29 is 38.7 Å². The Hall–Kier alpha value is -1.83. The third-order valence-corrected chi connectivity index (χ3v) is 1.37. The molecule has 0 bridgehead atoms. The lowest BCUT2D eigenvalue weighted by Crippen LogP contribution is -2.26. The van der Waals surface area contributed by atoms with Crippen LogP contribution in [-0.4, -0.2) is 31.0 Å². The van der Waals surface area contributed by atoms with Crippen molar-refractivity contribution in [3.8, 4) is 0 Å². The molecule has 0 saturated heterocycles. The Morgan fingerprint density at radius 1 is 1.15 bits per heavy atom. The average molecular weight is 293 g/mol. The Balaban J connectivity index is 0. The summed E-state index contributed by atoms with van der Waals surface area (Å²) in [4.78, 5) is 39.6. The van der Waals surface area contributed by atoms with E-state index < -0.39 is 23.7 Å². The zero-order chi connectivity index (χ0) is 16.3. The van der Waals surface area contributed by atoms with Crippen LogP contribution in [0.25, 0.3) is 0 Å². The second kappa shape index (κ2) is 10.0. The van der Waals surface area contributed by atoms with Crippen LogP contribution in [0, 0.1) is 5.41 Å². The molecular weight excluding hydrogens is 272 g/mol. The second-order valence-electron chi connectivity index (χ2n) is 4.80. The number of carboxylic acid groups (broad SMARTS) is 1. The molecule has 118 valence electrons. The molecule has 0 atom stereocenters. The van der Waals surface area contributed by atoms with Crippen LogP contribution in [0.1, 0.15) is 41.5 Å². The van der Waals surface area contributed by atoms with Gasteiger partial charge in [-0.3, -0.25) is 9.68 Å². The zero-order valence-corrected chi connectivity index (χ0v) is 12.6. The maximum Gasteiger partial charge on any atom is 0.548 e. The number of ether oxygens (including phenoxy) is 2. The van der Waals surface area contributed by atoms with E-state index in [1.165, 1.54) is 0 Å². The Morgan fingerprint density at radius 3 is 1.90 bits per heavy atom. The van der Waals surface area contributed by atoms with Gasteiger partial charge in [0.05, 0.1) is 12.0 Å². The molecule has 8 nitrogen and oxygen atoms in total. The van der Waals surface area contributed by atoms with Crippen molar-refractivity contribution in [1.29, 1.82) is 0 Å². The molecule has 0 aliphatic heterocycles. The summed E-state index contributed by atoms with van der Waals surface area (Å²) in [7, 11) is 0. The van der Waals surface area contributed by atoms with E-state index in [0.29, 0.717) is 0 Å². The number of rotatable bonds is 3. The van der Waals surface area contributed by atoms with Crippen molar-refractivity contribution in [2.45, 2.75) is 47.6 Å². The molecule has 0 aliphatic rings. The van der Waals surface area contributed by atoms with Crippen LogP contribution in [0.3, 0.4) is 0 Å². The molecule has 0 saturated carbocycles. The Bertz CT molecular complexity index is 316. The van der Waals surface area contributed by atoms with Gasteiger partial charge in [-0.25, -0.2) is 4.79 Å². The standard InChI is InChI=1S/C8H14O5.C4H8O3/c1-5-11-13-7(10)12-6(9)8(2,3)4;1-3(2)7-4(5)6/h5H2,1-4H3;3H,1-2H3,(H,5,6)/p-1. The quantitative estimate of drug-likeness (QED) is 0.332. The van der Waals surface area contributed by atoms with Crippen LogP contribution >= 0.6 is 0 Å². The highest BCUT2D eigenvalue weighted by Gasteiger charge is 2.26. The molecule has 0 radical (unpaired) electrons. The Labute approximate surface area is 117 Å². The van der Waals surface area contributed by atoms with Crippen molar-refractivity contribution in [1.82, 2.24) is 0 Å². The topological polar surface area (TPSA) is 111 Å². The fourth-order valence-corrected chi connectivity index (χ4v) is 0.545. The fraction of sp³-hybridized carbons (Fsp3) is 0.750. The van der Waals surface area contributed by atoms with Crippen molar-refractivity contribution in [3.05, 3.63) is 0 Å². The first kappa shape index (κ1) is 20.5. The van der Waals surface area contributed by atoms with Gasteiger partial charge in [0.15, 0.2) is 0 Å². The van der Waals surface area contributed by atoms with Crippen LogP contribution < -0.4 is 5.11 Å². The Kier molecular flexibility index (Phi) is 10.3. The molecule has 0 aliphatic carbocycles. The number of hydrogen-bond acceptors (Lipinski definition) is 8. The molecule has 0 rings (SSSR count). The largest absolute Gasteiger partial charge is 0.548 e. The molecule has 0 N–H and O–H groups in total. The minimum absolute atomic E-state index is 0.207. The van der Waals surface area contributed by atoms with Crippen LogP contribution in [0.5, 0.6) is 0 Å². The van der Waals surface area contributed by atoms with Gasteiger partial charge < -0.3 is 19.4 Å². The summed E-state index contributed by atoms with van der Waals surface area (Å²) in [5.41, 5.74) is -0.731. The van der Waals surface area contributed by atoms with E-state index in [9.17, 15) is 19.5 Å². The maximum absolute atomic E-state index is 11.1. The van der Waals surface area contributed by atoms with E-state index in [0.717, 1.165) is 0 Å². The van der Waals surface area contributed by atoms with Gasteiger partial charge in [-0.2, -0.15) is 4.89 Å². The molecule has 8 heteroatoms. The van der Waals surface area contributed by atoms with Crippen LogP contribution in [0.15, 0.2) is 0 Å². The second-order valence-corrected chi connectivity index (χ2v) is 4.80. The number of carbonyl (C=O) groups is 3. The molecule has 0 fully saturated rings. The Morgan fingerprint density at radius 2 is 1.65 bits per heavy atom.